The molecule has 1 aromatic rings. The summed E-state index contributed by atoms with van der Waals surface area (Å²) in [5.41, 5.74) is 0. The van der Waals surface area contributed by atoms with Crippen molar-refractivity contribution in [1.82, 2.24) is 0 Å². The van der Waals surface area contributed by atoms with Gasteiger partial charge in [-0.2, -0.15) is 0 Å². The van der Waals surface area contributed by atoms with E-state index in [-0.39, 0.29) is 0 Å². The van der Waals surface area contributed by atoms with Crippen molar-refractivity contribution in [3.8, 4) is 5.75 Å². The number of rotatable bonds is 2. The Morgan fingerprint density at radius 3 is 2.36 bits per heavy atom. The van der Waals surface area contributed by atoms with Gasteiger partial charge in [0, 0.05) is 13.2 Å². The fourth-order valence-electron chi connectivity index (χ4n) is 1.91. The van der Waals surface area contributed by atoms with E-state index >= 15 is 0 Å². The van der Waals surface area contributed by atoms with Gasteiger partial charge in [0.25, 0.3) is 0 Å². The molecule has 0 aliphatic carbocycles. The molecule has 1 fully saturated rings. The van der Waals surface area contributed by atoms with Crippen molar-refractivity contribution in [2.75, 3.05) is 20.3 Å². The molecule has 0 saturated carbocycles. The minimum atomic E-state index is -0.697. The molecule has 76 valence electrons. The summed E-state index contributed by atoms with van der Waals surface area (Å²) in [6.45, 7) is 1.92. The highest BCUT2D eigenvalue weighted by molar-refractivity contribution is 6.73. The summed E-state index contributed by atoms with van der Waals surface area (Å²) in [5.74, 6) is 0.954. The number of methoxy groups -OCH3 is 1. The summed E-state index contributed by atoms with van der Waals surface area (Å²) >= 11 is 0. The summed E-state index contributed by atoms with van der Waals surface area (Å²) in [6, 6.07) is 11.1. The molecule has 1 aromatic carbocycles. The molecule has 1 saturated heterocycles. The molecule has 0 unspecified atom stereocenters. The summed E-state index contributed by atoms with van der Waals surface area (Å²) in [4.78, 5) is 0. The van der Waals surface area contributed by atoms with Crippen LogP contribution >= 0.6 is 0 Å². The third-order valence-electron chi connectivity index (χ3n) is 2.81. The zero-order chi connectivity index (χ0) is 9.80. The monoisotopic (exact) mass is 208 g/mol. The van der Waals surface area contributed by atoms with Gasteiger partial charge in [0.15, 0.2) is 0 Å². The molecule has 1 heterocycles. The number of hydrogen-bond acceptors (Lipinski definition) is 2. The number of ether oxygens (including phenoxy) is 2. The van der Waals surface area contributed by atoms with Crippen molar-refractivity contribution in [2.24, 2.45) is 0 Å². The Morgan fingerprint density at radius 2 is 1.79 bits per heavy atom. The van der Waals surface area contributed by atoms with E-state index in [0.29, 0.717) is 0 Å². The minimum absolute atomic E-state index is 0.697. The first-order chi connectivity index (χ1) is 6.90. The fourth-order valence-corrected chi connectivity index (χ4v) is 4.50. The van der Waals surface area contributed by atoms with E-state index in [1.807, 2.05) is 0 Å². The van der Waals surface area contributed by atoms with Crippen LogP contribution in [0.4, 0.5) is 0 Å². The Hall–Kier alpha value is -0.803. The van der Waals surface area contributed by atoms with Crippen LogP contribution in [0.25, 0.3) is 0 Å². The van der Waals surface area contributed by atoms with E-state index < -0.39 is 8.80 Å². The van der Waals surface area contributed by atoms with Gasteiger partial charge in [-0.25, -0.2) is 0 Å². The largest absolute Gasteiger partial charge is 0.497 e. The SMILES string of the molecule is COc1ccc([SiH]2CCOCC2)cc1. The van der Waals surface area contributed by atoms with Crippen LogP contribution in [-0.2, 0) is 4.74 Å². The summed E-state index contributed by atoms with van der Waals surface area (Å²) in [6.07, 6.45) is 0. The van der Waals surface area contributed by atoms with Crippen molar-refractivity contribution in [3.05, 3.63) is 24.3 Å². The van der Waals surface area contributed by atoms with Crippen LogP contribution in [0.1, 0.15) is 0 Å². The minimum Gasteiger partial charge on any atom is -0.497 e. The highest BCUT2D eigenvalue weighted by Gasteiger charge is 2.17. The number of hydrogen-bond donors (Lipinski definition) is 0. The van der Waals surface area contributed by atoms with Gasteiger partial charge in [0.05, 0.1) is 15.9 Å². The van der Waals surface area contributed by atoms with Crippen LogP contribution < -0.4 is 9.92 Å². The molecule has 0 aromatic heterocycles. The summed E-state index contributed by atoms with van der Waals surface area (Å²) in [7, 11) is 1.01. The molecule has 0 N–H and O–H groups in total. The van der Waals surface area contributed by atoms with Crippen molar-refractivity contribution < 1.29 is 9.47 Å². The van der Waals surface area contributed by atoms with E-state index in [2.05, 4.69) is 24.3 Å². The van der Waals surface area contributed by atoms with Crippen LogP contribution in [0.5, 0.6) is 5.75 Å². The van der Waals surface area contributed by atoms with E-state index in [1.54, 1.807) is 12.3 Å². The van der Waals surface area contributed by atoms with Crippen LogP contribution in [-0.4, -0.2) is 29.1 Å². The van der Waals surface area contributed by atoms with Crippen molar-refractivity contribution >= 4 is 14.0 Å². The molecule has 2 nitrogen and oxygen atoms in total. The molecule has 0 radical (unpaired) electrons. The molecule has 0 bridgehead atoms. The van der Waals surface area contributed by atoms with Gasteiger partial charge < -0.3 is 9.47 Å². The lowest BCUT2D eigenvalue weighted by molar-refractivity contribution is 0.151. The molecule has 0 amide bonds. The Labute approximate surface area is 86.5 Å². The number of benzene rings is 1. The average molecular weight is 208 g/mol. The van der Waals surface area contributed by atoms with Gasteiger partial charge in [-0.05, 0) is 24.2 Å². The zero-order valence-electron chi connectivity index (χ0n) is 8.53. The molecule has 3 heteroatoms. The maximum Gasteiger partial charge on any atom is 0.118 e. The van der Waals surface area contributed by atoms with E-state index in [4.69, 9.17) is 9.47 Å². The lowest BCUT2D eigenvalue weighted by Crippen LogP contribution is -2.35. The molecular weight excluding hydrogens is 192 g/mol. The van der Waals surface area contributed by atoms with Crippen molar-refractivity contribution in [1.29, 1.82) is 0 Å². The summed E-state index contributed by atoms with van der Waals surface area (Å²) in [5, 5.41) is 1.55. The first-order valence-corrected chi connectivity index (χ1v) is 7.33. The normalized spacial score (nSPS) is 18.1. The van der Waals surface area contributed by atoms with Crippen LogP contribution in [0.15, 0.2) is 24.3 Å². The third kappa shape index (κ3) is 2.16. The Morgan fingerprint density at radius 1 is 1.14 bits per heavy atom. The van der Waals surface area contributed by atoms with Gasteiger partial charge >= 0.3 is 0 Å². The first-order valence-electron chi connectivity index (χ1n) is 5.12. The van der Waals surface area contributed by atoms with Gasteiger partial charge in [-0.1, -0.05) is 17.3 Å². The molecule has 0 spiro atoms. The van der Waals surface area contributed by atoms with Gasteiger partial charge in [-0.15, -0.1) is 0 Å². The second-order valence-corrected chi connectivity index (χ2v) is 6.88. The molecular formula is C11H16O2Si. The molecule has 2 rings (SSSR count). The zero-order valence-corrected chi connectivity index (χ0v) is 9.69. The highest BCUT2D eigenvalue weighted by atomic mass is 28.3. The predicted octanol–water partition coefficient (Wildman–Crippen LogP) is 1.16. The molecule has 1 aliphatic rings. The topological polar surface area (TPSA) is 18.5 Å². The maximum absolute atomic E-state index is 5.38. The molecule has 14 heavy (non-hydrogen) atoms. The summed E-state index contributed by atoms with van der Waals surface area (Å²) < 4.78 is 10.5. The van der Waals surface area contributed by atoms with Crippen LogP contribution in [0.2, 0.25) is 12.1 Å². The second-order valence-electron chi connectivity index (χ2n) is 3.66. The van der Waals surface area contributed by atoms with Crippen molar-refractivity contribution in [2.45, 2.75) is 12.1 Å². The van der Waals surface area contributed by atoms with Gasteiger partial charge in [0.1, 0.15) is 5.75 Å². The second kappa shape index (κ2) is 4.62. The quantitative estimate of drug-likeness (QED) is 0.679. The average Bonchev–Trinajstić information content (AvgIpc) is 2.30. The maximum atomic E-state index is 5.38. The van der Waals surface area contributed by atoms with Gasteiger partial charge in [-0.3, -0.25) is 0 Å². The van der Waals surface area contributed by atoms with E-state index in [0.717, 1.165) is 19.0 Å². The van der Waals surface area contributed by atoms with E-state index in [1.165, 1.54) is 12.1 Å². The van der Waals surface area contributed by atoms with Crippen molar-refractivity contribution in [3.63, 3.8) is 0 Å². The lowest BCUT2D eigenvalue weighted by Gasteiger charge is -2.20. The van der Waals surface area contributed by atoms with E-state index in [9.17, 15) is 0 Å². The standard InChI is InChI=1S/C11H16O2Si/c1-12-10-2-4-11(5-3-10)14-8-6-13-7-9-14/h2-5,14H,6-9H2,1H3. The molecule has 0 atom stereocenters. The fraction of sp³-hybridized carbons (Fsp3) is 0.455. The third-order valence-corrected chi connectivity index (χ3v) is 6.00. The smallest absolute Gasteiger partial charge is 0.118 e. The Bertz CT molecular complexity index is 278. The Kier molecular flexibility index (Phi) is 3.21. The lowest BCUT2D eigenvalue weighted by atomic mass is 10.3. The molecule has 1 aliphatic heterocycles. The highest BCUT2D eigenvalue weighted by Crippen LogP contribution is 2.11. The first kappa shape index (κ1) is 9.74. The van der Waals surface area contributed by atoms with Crippen LogP contribution in [0, 0.1) is 0 Å². The Balaban J connectivity index is 2.07. The predicted molar refractivity (Wildman–Crippen MR) is 60.2 cm³/mol. The van der Waals surface area contributed by atoms with Gasteiger partial charge in [0.2, 0.25) is 0 Å². The van der Waals surface area contributed by atoms with Crippen LogP contribution in [0.3, 0.4) is 0 Å².